The number of aryl methyl sites for hydroxylation is 1. The first-order valence-electron chi connectivity index (χ1n) is 9.66. The van der Waals surface area contributed by atoms with Crippen LogP contribution in [0, 0.1) is 6.92 Å². The standard InChI is InChI=1S/C22H19F3N4O5/c1-12-9-16(30)19(28-29(12)15-6-4-5-14(11-15)22(23,24)25)21(32)27-26-20(31)13-7-8-17(33-2)18(10-13)34-3/h4-11H,1-3H3,(H,26,31)(H,27,32). The lowest BCUT2D eigenvalue weighted by molar-refractivity contribution is -0.137. The van der Waals surface area contributed by atoms with Crippen molar-refractivity contribution in [3.63, 3.8) is 0 Å². The average Bonchev–Trinajstić information content (AvgIpc) is 2.81. The minimum Gasteiger partial charge on any atom is -0.493 e. The fourth-order valence-corrected chi connectivity index (χ4v) is 3.00. The third-order valence-electron chi connectivity index (χ3n) is 4.68. The van der Waals surface area contributed by atoms with E-state index in [0.717, 1.165) is 22.9 Å². The maximum Gasteiger partial charge on any atom is 0.416 e. The van der Waals surface area contributed by atoms with Gasteiger partial charge in [-0.3, -0.25) is 25.2 Å². The lowest BCUT2D eigenvalue weighted by atomic mass is 10.2. The van der Waals surface area contributed by atoms with Crippen LogP contribution in [-0.2, 0) is 6.18 Å². The molecular formula is C22H19F3N4O5. The fraction of sp³-hybridized carbons (Fsp3) is 0.182. The van der Waals surface area contributed by atoms with E-state index in [0.29, 0.717) is 5.75 Å². The smallest absolute Gasteiger partial charge is 0.416 e. The molecule has 3 aromatic rings. The Morgan fingerprint density at radius 1 is 0.941 bits per heavy atom. The van der Waals surface area contributed by atoms with Crippen molar-refractivity contribution in [2.24, 2.45) is 0 Å². The van der Waals surface area contributed by atoms with Crippen LogP contribution in [0.3, 0.4) is 0 Å². The Balaban J connectivity index is 1.83. The van der Waals surface area contributed by atoms with Gasteiger partial charge in [0.2, 0.25) is 5.43 Å². The normalized spacial score (nSPS) is 11.0. The van der Waals surface area contributed by atoms with Crippen LogP contribution in [0.2, 0.25) is 0 Å². The van der Waals surface area contributed by atoms with Crippen LogP contribution < -0.4 is 25.8 Å². The van der Waals surface area contributed by atoms with Gasteiger partial charge in [-0.2, -0.15) is 18.3 Å². The summed E-state index contributed by atoms with van der Waals surface area (Å²) in [6.45, 7) is 1.45. The molecule has 1 heterocycles. The van der Waals surface area contributed by atoms with E-state index in [4.69, 9.17) is 9.47 Å². The van der Waals surface area contributed by atoms with Crippen molar-refractivity contribution in [1.29, 1.82) is 0 Å². The molecule has 178 valence electrons. The van der Waals surface area contributed by atoms with Crippen molar-refractivity contribution in [1.82, 2.24) is 20.6 Å². The van der Waals surface area contributed by atoms with Gasteiger partial charge in [-0.1, -0.05) is 6.07 Å². The molecule has 0 atom stereocenters. The molecule has 2 amide bonds. The maximum absolute atomic E-state index is 13.1. The number of halogens is 3. The number of methoxy groups -OCH3 is 2. The molecule has 0 aliphatic carbocycles. The van der Waals surface area contributed by atoms with E-state index in [1.54, 1.807) is 0 Å². The van der Waals surface area contributed by atoms with Crippen molar-refractivity contribution in [3.8, 4) is 17.2 Å². The summed E-state index contributed by atoms with van der Waals surface area (Å²) in [5.74, 6) is -1.10. The fourth-order valence-electron chi connectivity index (χ4n) is 3.00. The highest BCUT2D eigenvalue weighted by Gasteiger charge is 2.30. The molecule has 34 heavy (non-hydrogen) atoms. The van der Waals surface area contributed by atoms with Crippen LogP contribution in [-0.4, -0.2) is 35.8 Å². The minimum atomic E-state index is -4.59. The number of benzene rings is 2. The van der Waals surface area contributed by atoms with Gasteiger partial charge in [0, 0.05) is 17.3 Å². The molecule has 2 N–H and O–H groups in total. The lowest BCUT2D eigenvalue weighted by Gasteiger charge is -2.14. The highest BCUT2D eigenvalue weighted by molar-refractivity contribution is 5.98. The minimum absolute atomic E-state index is 0.00395. The SMILES string of the molecule is COc1ccc(C(=O)NNC(=O)c2nn(-c3cccc(C(F)(F)F)c3)c(C)cc2=O)cc1OC. The van der Waals surface area contributed by atoms with Crippen molar-refractivity contribution in [3.05, 3.63) is 81.3 Å². The Hall–Kier alpha value is -4.35. The zero-order valence-electron chi connectivity index (χ0n) is 18.2. The molecule has 9 nitrogen and oxygen atoms in total. The predicted octanol–water partition coefficient (Wildman–Crippen LogP) is 2.65. The number of ether oxygens (including phenoxy) is 2. The first kappa shape index (κ1) is 24.3. The second kappa shape index (κ2) is 9.65. The number of nitrogens with one attached hydrogen (secondary N) is 2. The number of amides is 2. The van der Waals surface area contributed by atoms with E-state index in [2.05, 4.69) is 16.0 Å². The van der Waals surface area contributed by atoms with Crippen molar-refractivity contribution >= 4 is 11.8 Å². The van der Waals surface area contributed by atoms with Crippen molar-refractivity contribution in [2.45, 2.75) is 13.1 Å². The molecule has 0 radical (unpaired) electrons. The zero-order chi connectivity index (χ0) is 25.0. The van der Waals surface area contributed by atoms with Crippen LogP contribution in [0.25, 0.3) is 5.69 Å². The molecule has 0 aliphatic heterocycles. The van der Waals surface area contributed by atoms with Crippen LogP contribution in [0.15, 0.2) is 53.3 Å². The first-order valence-corrected chi connectivity index (χ1v) is 9.66. The molecule has 12 heteroatoms. The summed E-state index contributed by atoms with van der Waals surface area (Å²) < 4.78 is 50.4. The number of aromatic nitrogens is 2. The Kier molecular flexibility index (Phi) is 6.89. The molecule has 2 aromatic carbocycles. The summed E-state index contributed by atoms with van der Waals surface area (Å²) in [6.07, 6.45) is -4.59. The molecule has 0 bridgehead atoms. The van der Waals surface area contributed by atoms with Crippen LogP contribution in [0.5, 0.6) is 11.5 Å². The largest absolute Gasteiger partial charge is 0.493 e. The van der Waals surface area contributed by atoms with E-state index >= 15 is 0 Å². The molecule has 0 saturated carbocycles. The number of hydrogen-bond donors (Lipinski definition) is 2. The summed E-state index contributed by atoms with van der Waals surface area (Å²) in [5, 5.41) is 3.90. The van der Waals surface area contributed by atoms with Gasteiger partial charge in [-0.25, -0.2) is 4.68 Å². The van der Waals surface area contributed by atoms with Crippen LogP contribution >= 0.6 is 0 Å². The molecule has 0 unspecified atom stereocenters. The monoisotopic (exact) mass is 476 g/mol. The lowest BCUT2D eigenvalue weighted by Crippen LogP contribution is -2.44. The summed E-state index contributed by atoms with van der Waals surface area (Å²) >= 11 is 0. The van der Waals surface area contributed by atoms with Crippen LogP contribution in [0.1, 0.15) is 32.1 Å². The average molecular weight is 476 g/mol. The Labute approximate surface area is 191 Å². The highest BCUT2D eigenvalue weighted by atomic mass is 19.4. The number of carbonyl (C=O) groups is 2. The van der Waals surface area contributed by atoms with E-state index in [1.807, 2.05) is 0 Å². The topological polar surface area (TPSA) is 112 Å². The van der Waals surface area contributed by atoms with Gasteiger partial charge in [-0.05, 0) is 43.3 Å². The Morgan fingerprint density at radius 3 is 2.26 bits per heavy atom. The summed E-state index contributed by atoms with van der Waals surface area (Å²) in [6, 6.07) is 9.60. The number of rotatable bonds is 5. The zero-order valence-corrected chi connectivity index (χ0v) is 18.2. The molecule has 0 aliphatic rings. The van der Waals surface area contributed by atoms with Crippen molar-refractivity contribution in [2.75, 3.05) is 14.2 Å². The van der Waals surface area contributed by atoms with Gasteiger partial charge in [-0.15, -0.1) is 0 Å². The first-order chi connectivity index (χ1) is 16.0. The second-order valence-corrected chi connectivity index (χ2v) is 6.94. The summed E-state index contributed by atoms with van der Waals surface area (Å²) in [5.41, 5.74) is 2.21. The number of hydrazine groups is 1. The highest BCUT2D eigenvalue weighted by Crippen LogP contribution is 2.30. The van der Waals surface area contributed by atoms with E-state index in [9.17, 15) is 27.6 Å². The maximum atomic E-state index is 13.1. The molecule has 1 aromatic heterocycles. The van der Waals surface area contributed by atoms with Crippen LogP contribution in [0.4, 0.5) is 13.2 Å². The van der Waals surface area contributed by atoms with Gasteiger partial charge in [0.25, 0.3) is 11.8 Å². The Morgan fingerprint density at radius 2 is 1.62 bits per heavy atom. The van der Waals surface area contributed by atoms with Gasteiger partial charge in [0.1, 0.15) is 0 Å². The number of carbonyl (C=O) groups excluding carboxylic acids is 2. The van der Waals surface area contributed by atoms with Gasteiger partial charge in [0.05, 0.1) is 25.5 Å². The van der Waals surface area contributed by atoms with Crippen molar-refractivity contribution < 1.29 is 32.2 Å². The number of hydrogen-bond acceptors (Lipinski definition) is 6. The molecule has 0 fully saturated rings. The number of alkyl halides is 3. The molecule has 0 saturated heterocycles. The third kappa shape index (κ3) is 5.17. The molecular weight excluding hydrogens is 457 g/mol. The van der Waals surface area contributed by atoms with E-state index in [1.165, 1.54) is 51.5 Å². The molecule has 0 spiro atoms. The molecule has 3 rings (SSSR count). The van der Waals surface area contributed by atoms with E-state index < -0.39 is 34.7 Å². The summed E-state index contributed by atoms with van der Waals surface area (Å²) in [4.78, 5) is 37.2. The second-order valence-electron chi connectivity index (χ2n) is 6.94. The van der Waals surface area contributed by atoms with Gasteiger partial charge in [0.15, 0.2) is 17.2 Å². The Bertz CT molecular complexity index is 1300. The van der Waals surface area contributed by atoms with Gasteiger partial charge < -0.3 is 9.47 Å². The third-order valence-corrected chi connectivity index (χ3v) is 4.68. The quantitative estimate of drug-likeness (QED) is 0.548. The summed E-state index contributed by atoms with van der Waals surface area (Å²) in [7, 11) is 2.82. The van der Waals surface area contributed by atoms with Gasteiger partial charge >= 0.3 is 6.18 Å². The number of nitrogens with zero attached hydrogens (tertiary/aromatic N) is 2. The predicted molar refractivity (Wildman–Crippen MR) is 114 cm³/mol. The van der Waals surface area contributed by atoms with E-state index in [-0.39, 0.29) is 22.7 Å².